The number of aromatic nitrogens is 2. The van der Waals surface area contributed by atoms with Gasteiger partial charge >= 0.3 is 0 Å². The summed E-state index contributed by atoms with van der Waals surface area (Å²) < 4.78 is 0. The predicted octanol–water partition coefficient (Wildman–Crippen LogP) is 1.78. The number of likely N-dealkylation sites (tertiary alicyclic amines) is 1. The van der Waals surface area contributed by atoms with E-state index < -0.39 is 11.0 Å². The molecule has 2 amide bonds. The molecule has 1 N–H and O–H groups in total. The second-order valence-corrected chi connectivity index (χ2v) is 5.92. The number of likely N-dealkylation sites (N-methyl/N-ethyl adjacent to an activating group) is 1. The molecule has 1 fully saturated rings. The Hall–Kier alpha value is -3.36. The van der Waals surface area contributed by atoms with Gasteiger partial charge in [0.1, 0.15) is 11.9 Å². The van der Waals surface area contributed by atoms with E-state index in [-0.39, 0.29) is 23.9 Å². The normalized spacial score (nSPS) is 16.8. The van der Waals surface area contributed by atoms with E-state index in [1.54, 1.807) is 18.2 Å². The number of nitrogens with zero attached hydrogens (tertiary/aromatic N) is 4. The molecule has 26 heavy (non-hydrogen) atoms. The van der Waals surface area contributed by atoms with Crippen LogP contribution >= 0.6 is 0 Å². The number of benzene rings is 1. The van der Waals surface area contributed by atoms with Gasteiger partial charge in [0.25, 0.3) is 11.6 Å². The molecule has 2 heterocycles. The van der Waals surface area contributed by atoms with Gasteiger partial charge in [-0.25, -0.2) is 9.97 Å². The number of aryl methyl sites for hydroxylation is 1. The zero-order valence-electron chi connectivity index (χ0n) is 14.3. The third-order valence-corrected chi connectivity index (χ3v) is 4.18. The number of nitro groups is 1. The molecule has 1 saturated heterocycles. The van der Waals surface area contributed by atoms with Crippen LogP contribution in [0.2, 0.25) is 0 Å². The van der Waals surface area contributed by atoms with E-state index >= 15 is 0 Å². The number of carbonyl (C=O) groups excluding carboxylic acids is 2. The molecule has 0 radical (unpaired) electrons. The molecule has 9 heteroatoms. The van der Waals surface area contributed by atoms with Crippen molar-refractivity contribution in [1.82, 2.24) is 14.9 Å². The van der Waals surface area contributed by atoms with E-state index in [9.17, 15) is 19.7 Å². The number of nitro benzene ring substituents is 1. The summed E-state index contributed by atoms with van der Waals surface area (Å²) >= 11 is 0. The highest BCUT2D eigenvalue weighted by atomic mass is 16.6. The fraction of sp³-hybridized carbons (Fsp3) is 0.294. The Balaban J connectivity index is 1.90. The molecule has 1 aliphatic heterocycles. The highest BCUT2D eigenvalue weighted by Gasteiger charge is 2.36. The van der Waals surface area contributed by atoms with E-state index in [1.807, 2.05) is 6.92 Å². The van der Waals surface area contributed by atoms with Crippen molar-refractivity contribution in [1.29, 1.82) is 0 Å². The maximum Gasteiger partial charge on any atom is 0.269 e. The lowest BCUT2D eigenvalue weighted by Gasteiger charge is -2.13. The monoisotopic (exact) mass is 355 g/mol. The molecule has 1 aliphatic rings. The van der Waals surface area contributed by atoms with Crippen molar-refractivity contribution < 1.29 is 14.5 Å². The van der Waals surface area contributed by atoms with Gasteiger partial charge < -0.3 is 5.32 Å². The number of anilines is 1. The minimum Gasteiger partial charge on any atom is -0.358 e. The van der Waals surface area contributed by atoms with Gasteiger partial charge in [0, 0.05) is 36.5 Å². The third-order valence-electron chi connectivity index (χ3n) is 4.18. The van der Waals surface area contributed by atoms with Crippen molar-refractivity contribution in [3.05, 3.63) is 46.1 Å². The summed E-state index contributed by atoms with van der Waals surface area (Å²) in [6.45, 7) is 1.93. The highest BCUT2D eigenvalue weighted by molar-refractivity contribution is 6.06. The van der Waals surface area contributed by atoms with Crippen LogP contribution in [0.25, 0.3) is 11.4 Å². The van der Waals surface area contributed by atoms with Crippen LogP contribution in [0.3, 0.4) is 0 Å². The van der Waals surface area contributed by atoms with Gasteiger partial charge in [0.15, 0.2) is 5.82 Å². The molecule has 2 aromatic rings. The molecule has 0 aliphatic carbocycles. The molecule has 0 saturated carbocycles. The molecule has 1 aromatic carbocycles. The molecule has 1 atom stereocenters. The zero-order valence-corrected chi connectivity index (χ0v) is 14.3. The summed E-state index contributed by atoms with van der Waals surface area (Å²) in [5.74, 6) is 0.287. The van der Waals surface area contributed by atoms with Crippen LogP contribution in [0.15, 0.2) is 30.3 Å². The standard InChI is InChI=1S/C17H17N5O4/c1-3-11-8-14(19-13-9-15(23)21(2)17(13)24)20-16(18-11)10-4-6-12(7-5-10)22(25)26/h4-8,13H,3,9H2,1-2H3,(H,18,19,20)/t13-/m1/s1. The first-order chi connectivity index (χ1) is 12.4. The van der Waals surface area contributed by atoms with Gasteiger partial charge in [0.05, 0.1) is 11.3 Å². The Morgan fingerprint density at radius 3 is 2.50 bits per heavy atom. The molecule has 134 valence electrons. The van der Waals surface area contributed by atoms with E-state index in [2.05, 4.69) is 15.3 Å². The number of hydrogen-bond donors (Lipinski definition) is 1. The van der Waals surface area contributed by atoms with Crippen molar-refractivity contribution >= 4 is 23.3 Å². The number of carbonyl (C=O) groups is 2. The van der Waals surface area contributed by atoms with E-state index in [4.69, 9.17) is 0 Å². The molecular formula is C17H17N5O4. The van der Waals surface area contributed by atoms with Crippen LogP contribution < -0.4 is 5.32 Å². The van der Waals surface area contributed by atoms with Gasteiger partial charge in [-0.2, -0.15) is 0 Å². The molecular weight excluding hydrogens is 338 g/mol. The summed E-state index contributed by atoms with van der Waals surface area (Å²) in [6, 6.07) is 7.00. The van der Waals surface area contributed by atoms with Crippen molar-refractivity contribution in [2.75, 3.05) is 12.4 Å². The van der Waals surface area contributed by atoms with Gasteiger partial charge in [-0.1, -0.05) is 6.92 Å². The fourth-order valence-electron chi connectivity index (χ4n) is 2.66. The van der Waals surface area contributed by atoms with Gasteiger partial charge in [-0.05, 0) is 18.6 Å². The summed E-state index contributed by atoms with van der Waals surface area (Å²) in [5, 5.41) is 13.8. The van der Waals surface area contributed by atoms with Gasteiger partial charge in [-0.15, -0.1) is 0 Å². The topological polar surface area (TPSA) is 118 Å². The summed E-state index contributed by atoms with van der Waals surface area (Å²) in [4.78, 5) is 44.0. The molecule has 9 nitrogen and oxygen atoms in total. The second-order valence-electron chi connectivity index (χ2n) is 5.92. The van der Waals surface area contributed by atoms with Crippen molar-refractivity contribution in [3.63, 3.8) is 0 Å². The van der Waals surface area contributed by atoms with Crippen LogP contribution in [0.5, 0.6) is 0 Å². The van der Waals surface area contributed by atoms with Gasteiger partial charge in [0.2, 0.25) is 5.91 Å². The zero-order chi connectivity index (χ0) is 18.8. The minimum atomic E-state index is -0.656. The fourth-order valence-corrected chi connectivity index (χ4v) is 2.66. The summed E-state index contributed by atoms with van der Waals surface area (Å²) in [7, 11) is 1.45. The predicted molar refractivity (Wildman–Crippen MR) is 93.3 cm³/mol. The van der Waals surface area contributed by atoms with E-state index in [0.717, 1.165) is 10.6 Å². The summed E-state index contributed by atoms with van der Waals surface area (Å²) in [5.41, 5.74) is 1.36. The Morgan fingerprint density at radius 2 is 1.96 bits per heavy atom. The average molecular weight is 355 g/mol. The third kappa shape index (κ3) is 3.37. The molecule has 0 unspecified atom stereocenters. The first kappa shape index (κ1) is 17.5. The Bertz CT molecular complexity index is 881. The lowest BCUT2D eigenvalue weighted by molar-refractivity contribution is -0.384. The minimum absolute atomic E-state index is 0.0168. The lowest BCUT2D eigenvalue weighted by Crippen LogP contribution is -2.32. The summed E-state index contributed by atoms with van der Waals surface area (Å²) in [6.07, 6.45) is 0.724. The van der Waals surface area contributed by atoms with Crippen LogP contribution in [-0.4, -0.2) is 44.7 Å². The van der Waals surface area contributed by atoms with Crippen molar-refractivity contribution in [3.8, 4) is 11.4 Å². The Kier molecular flexibility index (Phi) is 4.61. The molecule has 0 bridgehead atoms. The van der Waals surface area contributed by atoms with E-state index in [1.165, 1.54) is 19.2 Å². The Labute approximate surface area is 149 Å². The van der Waals surface area contributed by atoms with Crippen LogP contribution in [0.1, 0.15) is 19.0 Å². The van der Waals surface area contributed by atoms with Crippen LogP contribution in [0.4, 0.5) is 11.5 Å². The van der Waals surface area contributed by atoms with Crippen LogP contribution in [-0.2, 0) is 16.0 Å². The first-order valence-electron chi connectivity index (χ1n) is 8.08. The largest absolute Gasteiger partial charge is 0.358 e. The quantitative estimate of drug-likeness (QED) is 0.493. The SMILES string of the molecule is CCc1cc(N[C@@H]2CC(=O)N(C)C2=O)nc(-c2ccc([N+](=O)[O-])cc2)n1. The van der Waals surface area contributed by atoms with Gasteiger partial charge in [-0.3, -0.25) is 24.6 Å². The van der Waals surface area contributed by atoms with Crippen molar-refractivity contribution in [2.45, 2.75) is 25.8 Å². The number of nitrogens with one attached hydrogen (secondary N) is 1. The second kappa shape index (κ2) is 6.87. The molecule has 0 spiro atoms. The number of non-ortho nitro benzene ring substituents is 1. The Morgan fingerprint density at radius 1 is 1.27 bits per heavy atom. The number of imide groups is 1. The van der Waals surface area contributed by atoms with Crippen molar-refractivity contribution in [2.24, 2.45) is 0 Å². The number of hydrogen-bond acceptors (Lipinski definition) is 7. The van der Waals surface area contributed by atoms with Crippen LogP contribution in [0, 0.1) is 10.1 Å². The first-order valence-corrected chi connectivity index (χ1v) is 8.08. The maximum absolute atomic E-state index is 12.1. The van der Waals surface area contributed by atoms with E-state index in [0.29, 0.717) is 23.6 Å². The smallest absolute Gasteiger partial charge is 0.269 e. The molecule has 1 aromatic heterocycles. The number of rotatable bonds is 5. The molecule has 3 rings (SSSR count). The maximum atomic E-state index is 12.1. The lowest BCUT2D eigenvalue weighted by atomic mass is 10.2. The highest BCUT2D eigenvalue weighted by Crippen LogP contribution is 2.23. The number of amides is 2. The average Bonchev–Trinajstić information content (AvgIpc) is 2.88.